The van der Waals surface area contributed by atoms with Crippen LogP contribution in [-0.2, 0) is 0 Å². The summed E-state index contributed by atoms with van der Waals surface area (Å²) in [6, 6.07) is 4.19. The lowest BCUT2D eigenvalue weighted by Crippen LogP contribution is -2.02. The monoisotopic (exact) mass is 222 g/mol. The van der Waals surface area contributed by atoms with Crippen molar-refractivity contribution < 1.29 is 18.0 Å². The number of halogens is 2. The van der Waals surface area contributed by atoms with Crippen LogP contribution in [0.1, 0.15) is 21.7 Å². The van der Waals surface area contributed by atoms with Crippen molar-refractivity contribution in [2.75, 3.05) is 0 Å². The predicted octanol–water partition coefficient (Wildman–Crippen LogP) is 3.10. The standard InChI is InChI=1S/C12H8F2O2/c1-7-11(2-3-16-7)12(15)8-4-9(13)6-10(14)5-8/h2-6H,1H3. The van der Waals surface area contributed by atoms with E-state index < -0.39 is 17.4 Å². The second kappa shape index (κ2) is 3.89. The number of hydrogen-bond acceptors (Lipinski definition) is 2. The van der Waals surface area contributed by atoms with E-state index in [9.17, 15) is 13.6 Å². The molecule has 1 aromatic carbocycles. The van der Waals surface area contributed by atoms with Gasteiger partial charge in [0.1, 0.15) is 17.4 Å². The molecule has 0 saturated carbocycles. The van der Waals surface area contributed by atoms with Gasteiger partial charge in [-0.3, -0.25) is 4.79 Å². The maximum absolute atomic E-state index is 12.9. The lowest BCUT2D eigenvalue weighted by atomic mass is 10.0. The summed E-state index contributed by atoms with van der Waals surface area (Å²) in [5.74, 6) is -1.58. The zero-order valence-corrected chi connectivity index (χ0v) is 8.46. The second-order valence-corrected chi connectivity index (χ2v) is 3.38. The minimum atomic E-state index is -0.774. The van der Waals surface area contributed by atoms with E-state index in [1.807, 2.05) is 0 Å². The second-order valence-electron chi connectivity index (χ2n) is 3.38. The van der Waals surface area contributed by atoms with E-state index in [1.165, 1.54) is 12.3 Å². The molecule has 82 valence electrons. The molecule has 1 heterocycles. The Morgan fingerprint density at radius 3 is 2.31 bits per heavy atom. The third-order valence-corrected chi connectivity index (χ3v) is 2.23. The Labute approximate surface area is 90.5 Å². The molecular weight excluding hydrogens is 214 g/mol. The Kier molecular flexibility index (Phi) is 2.56. The Morgan fingerprint density at radius 2 is 1.81 bits per heavy atom. The zero-order valence-electron chi connectivity index (χ0n) is 8.46. The fourth-order valence-electron chi connectivity index (χ4n) is 1.46. The summed E-state index contributed by atoms with van der Waals surface area (Å²) >= 11 is 0. The van der Waals surface area contributed by atoms with Gasteiger partial charge >= 0.3 is 0 Å². The molecule has 4 heteroatoms. The van der Waals surface area contributed by atoms with Crippen LogP contribution in [0, 0.1) is 18.6 Å². The molecule has 2 rings (SSSR count). The number of ketones is 1. The Hall–Kier alpha value is -1.97. The summed E-state index contributed by atoms with van der Waals surface area (Å²) in [6.07, 6.45) is 1.36. The van der Waals surface area contributed by atoms with Crippen LogP contribution in [0.4, 0.5) is 8.78 Å². The van der Waals surface area contributed by atoms with Gasteiger partial charge in [-0.1, -0.05) is 0 Å². The molecule has 2 aromatic rings. The molecule has 0 fully saturated rings. The first-order valence-electron chi connectivity index (χ1n) is 4.63. The van der Waals surface area contributed by atoms with Crippen molar-refractivity contribution in [3.8, 4) is 0 Å². The van der Waals surface area contributed by atoms with E-state index in [0.717, 1.165) is 18.2 Å². The van der Waals surface area contributed by atoms with E-state index in [4.69, 9.17) is 4.42 Å². The smallest absolute Gasteiger partial charge is 0.196 e. The first kappa shape index (κ1) is 10.5. The summed E-state index contributed by atoms with van der Waals surface area (Å²) < 4.78 is 30.8. The highest BCUT2D eigenvalue weighted by atomic mass is 19.1. The van der Waals surface area contributed by atoms with Crippen molar-refractivity contribution in [1.82, 2.24) is 0 Å². The van der Waals surface area contributed by atoms with E-state index in [-0.39, 0.29) is 5.56 Å². The number of aryl methyl sites for hydroxylation is 1. The third-order valence-electron chi connectivity index (χ3n) is 2.23. The fraction of sp³-hybridized carbons (Fsp3) is 0.0833. The zero-order chi connectivity index (χ0) is 11.7. The molecule has 0 unspecified atom stereocenters. The van der Waals surface area contributed by atoms with Crippen molar-refractivity contribution in [2.24, 2.45) is 0 Å². The van der Waals surface area contributed by atoms with Crippen molar-refractivity contribution in [3.05, 3.63) is 59.1 Å². The normalized spacial score (nSPS) is 10.4. The van der Waals surface area contributed by atoms with Crippen LogP contribution in [0.25, 0.3) is 0 Å². The van der Waals surface area contributed by atoms with Crippen LogP contribution in [0.3, 0.4) is 0 Å². The van der Waals surface area contributed by atoms with Gasteiger partial charge in [0.15, 0.2) is 5.78 Å². The molecule has 0 atom stereocenters. The van der Waals surface area contributed by atoms with E-state index in [1.54, 1.807) is 6.92 Å². The highest BCUT2D eigenvalue weighted by Crippen LogP contribution is 2.16. The van der Waals surface area contributed by atoms with Gasteiger partial charge in [-0.05, 0) is 25.1 Å². The number of furan rings is 1. The van der Waals surface area contributed by atoms with E-state index in [2.05, 4.69) is 0 Å². The maximum Gasteiger partial charge on any atom is 0.196 e. The molecule has 1 aromatic heterocycles. The molecule has 0 aliphatic rings. The quantitative estimate of drug-likeness (QED) is 0.731. The van der Waals surface area contributed by atoms with Crippen LogP contribution < -0.4 is 0 Å². The molecule has 16 heavy (non-hydrogen) atoms. The first-order chi connectivity index (χ1) is 7.58. The van der Waals surface area contributed by atoms with Gasteiger partial charge in [-0.25, -0.2) is 8.78 Å². The molecule has 0 aliphatic heterocycles. The number of hydrogen-bond donors (Lipinski definition) is 0. The molecular formula is C12H8F2O2. The molecule has 2 nitrogen and oxygen atoms in total. The summed E-state index contributed by atoms with van der Waals surface area (Å²) in [6.45, 7) is 1.61. The highest BCUT2D eigenvalue weighted by molar-refractivity contribution is 6.09. The summed E-state index contributed by atoms with van der Waals surface area (Å²) in [5, 5.41) is 0. The highest BCUT2D eigenvalue weighted by Gasteiger charge is 2.15. The Morgan fingerprint density at radius 1 is 1.19 bits per heavy atom. The molecule has 0 radical (unpaired) electrons. The average Bonchev–Trinajstić information content (AvgIpc) is 2.62. The average molecular weight is 222 g/mol. The number of rotatable bonds is 2. The minimum Gasteiger partial charge on any atom is -0.469 e. The molecule has 0 N–H and O–H groups in total. The van der Waals surface area contributed by atoms with Crippen molar-refractivity contribution in [2.45, 2.75) is 6.92 Å². The van der Waals surface area contributed by atoms with Crippen LogP contribution in [0.2, 0.25) is 0 Å². The van der Waals surface area contributed by atoms with Gasteiger partial charge in [-0.15, -0.1) is 0 Å². The van der Waals surface area contributed by atoms with Crippen LogP contribution in [0.5, 0.6) is 0 Å². The first-order valence-corrected chi connectivity index (χ1v) is 4.63. The minimum absolute atomic E-state index is 0.0259. The van der Waals surface area contributed by atoms with E-state index in [0.29, 0.717) is 11.3 Å². The van der Waals surface area contributed by atoms with Gasteiger partial charge in [-0.2, -0.15) is 0 Å². The molecule has 0 spiro atoms. The van der Waals surface area contributed by atoms with Crippen molar-refractivity contribution in [3.63, 3.8) is 0 Å². The maximum atomic E-state index is 12.9. The van der Waals surface area contributed by atoms with Gasteiger partial charge in [0.05, 0.1) is 11.8 Å². The molecule has 0 aliphatic carbocycles. The summed E-state index contributed by atoms with van der Waals surface area (Å²) in [7, 11) is 0. The summed E-state index contributed by atoms with van der Waals surface area (Å²) in [5.41, 5.74) is 0.284. The SMILES string of the molecule is Cc1occc1C(=O)c1cc(F)cc(F)c1. The van der Waals surface area contributed by atoms with Crippen LogP contribution in [0.15, 0.2) is 34.9 Å². The Balaban J connectivity index is 2.45. The third kappa shape index (κ3) is 1.86. The molecule has 0 bridgehead atoms. The number of benzene rings is 1. The molecule has 0 amide bonds. The van der Waals surface area contributed by atoms with Gasteiger partial charge in [0, 0.05) is 11.6 Å². The summed E-state index contributed by atoms with van der Waals surface area (Å²) in [4.78, 5) is 11.8. The fourth-order valence-corrected chi connectivity index (χ4v) is 1.46. The van der Waals surface area contributed by atoms with E-state index >= 15 is 0 Å². The Bertz CT molecular complexity index is 523. The predicted molar refractivity (Wildman–Crippen MR) is 53.2 cm³/mol. The van der Waals surface area contributed by atoms with Gasteiger partial charge in [0.25, 0.3) is 0 Å². The molecule has 0 saturated heterocycles. The lowest BCUT2D eigenvalue weighted by Gasteiger charge is -2.00. The van der Waals surface area contributed by atoms with Crippen molar-refractivity contribution in [1.29, 1.82) is 0 Å². The topological polar surface area (TPSA) is 30.2 Å². The number of carbonyl (C=O) groups excluding carboxylic acids is 1. The van der Waals surface area contributed by atoms with Crippen LogP contribution >= 0.6 is 0 Å². The van der Waals surface area contributed by atoms with Crippen molar-refractivity contribution >= 4 is 5.78 Å². The van der Waals surface area contributed by atoms with Gasteiger partial charge in [0.2, 0.25) is 0 Å². The van der Waals surface area contributed by atoms with Crippen LogP contribution in [-0.4, -0.2) is 5.78 Å². The lowest BCUT2D eigenvalue weighted by molar-refractivity contribution is 0.103. The number of carbonyl (C=O) groups is 1. The van der Waals surface area contributed by atoms with Gasteiger partial charge < -0.3 is 4.42 Å². The largest absolute Gasteiger partial charge is 0.469 e.